The lowest BCUT2D eigenvalue weighted by molar-refractivity contribution is 0.313. The lowest BCUT2D eigenvalue weighted by Gasteiger charge is -2.34. The van der Waals surface area contributed by atoms with Crippen LogP contribution in [0.4, 0.5) is 15.8 Å². The Morgan fingerprint density at radius 1 is 0.853 bits per heavy atom. The Bertz CT molecular complexity index is 1290. The van der Waals surface area contributed by atoms with Crippen LogP contribution in [0, 0.1) is 5.82 Å². The summed E-state index contributed by atoms with van der Waals surface area (Å²) >= 11 is 0. The first kappa shape index (κ1) is 21.1. The zero-order chi connectivity index (χ0) is 23.1. The first-order chi connectivity index (χ1) is 16.7. The molecule has 4 heterocycles. The fourth-order valence-electron chi connectivity index (χ4n) is 5.27. The average molecular weight is 457 g/mol. The Labute approximate surface area is 199 Å². The third kappa shape index (κ3) is 3.90. The molecule has 4 aromatic rings. The number of aromatic nitrogens is 3. The van der Waals surface area contributed by atoms with Gasteiger partial charge in [0.1, 0.15) is 5.82 Å². The van der Waals surface area contributed by atoms with E-state index in [9.17, 15) is 4.39 Å². The second kappa shape index (κ2) is 8.72. The molecule has 2 aromatic heterocycles. The number of hydrogen-bond donors (Lipinski definition) is 0. The van der Waals surface area contributed by atoms with Crippen molar-refractivity contribution in [3.63, 3.8) is 0 Å². The smallest absolute Gasteiger partial charge is 0.168 e. The van der Waals surface area contributed by atoms with Crippen LogP contribution in [-0.2, 0) is 0 Å². The second-order valence-corrected chi connectivity index (χ2v) is 9.38. The molecule has 174 valence electrons. The van der Waals surface area contributed by atoms with Gasteiger partial charge in [-0.25, -0.2) is 4.39 Å². The summed E-state index contributed by atoms with van der Waals surface area (Å²) in [6, 6.07) is 19.9. The minimum atomic E-state index is -0.180. The van der Waals surface area contributed by atoms with Crippen molar-refractivity contribution in [1.82, 2.24) is 19.5 Å². The van der Waals surface area contributed by atoms with Gasteiger partial charge in [0.05, 0.1) is 11.7 Å². The first-order valence-corrected chi connectivity index (χ1v) is 12.1. The Morgan fingerprint density at radius 2 is 1.65 bits per heavy atom. The van der Waals surface area contributed by atoms with Crippen molar-refractivity contribution >= 4 is 17.0 Å². The Morgan fingerprint density at radius 3 is 2.44 bits per heavy atom. The number of pyridine rings is 1. The highest BCUT2D eigenvalue weighted by Gasteiger charge is 2.27. The molecule has 34 heavy (non-hydrogen) atoms. The summed E-state index contributed by atoms with van der Waals surface area (Å²) in [6.07, 6.45) is 4.23. The molecular weight excluding hydrogens is 427 g/mol. The summed E-state index contributed by atoms with van der Waals surface area (Å²) < 4.78 is 15.9. The zero-order valence-corrected chi connectivity index (χ0v) is 19.4. The van der Waals surface area contributed by atoms with Gasteiger partial charge in [0.15, 0.2) is 11.5 Å². The third-order valence-electron chi connectivity index (χ3n) is 7.20. The molecule has 1 unspecified atom stereocenters. The number of rotatable bonds is 4. The van der Waals surface area contributed by atoms with E-state index in [4.69, 9.17) is 0 Å². The molecule has 2 aliphatic rings. The molecule has 6 rings (SSSR count). The summed E-state index contributed by atoms with van der Waals surface area (Å²) in [7, 11) is 2.17. The molecule has 2 aliphatic heterocycles. The van der Waals surface area contributed by atoms with Crippen LogP contribution < -0.4 is 9.80 Å². The Balaban J connectivity index is 1.29. The fraction of sp³-hybridized carbons (Fsp3) is 0.333. The van der Waals surface area contributed by atoms with Crippen LogP contribution in [0.25, 0.3) is 17.0 Å². The molecule has 0 N–H and O–H groups in total. The molecule has 0 spiro atoms. The highest BCUT2D eigenvalue weighted by Crippen LogP contribution is 2.36. The van der Waals surface area contributed by atoms with E-state index in [-0.39, 0.29) is 11.9 Å². The number of likely N-dealkylation sites (N-methyl/N-ethyl adjacent to an activating group) is 1. The summed E-state index contributed by atoms with van der Waals surface area (Å²) in [5.74, 6) is 0.657. The van der Waals surface area contributed by atoms with Crippen LogP contribution in [0.1, 0.15) is 24.4 Å². The van der Waals surface area contributed by atoms with Crippen LogP contribution in [0.15, 0.2) is 66.9 Å². The summed E-state index contributed by atoms with van der Waals surface area (Å²) in [5, 5.41) is 8.90. The van der Waals surface area contributed by atoms with Crippen LogP contribution in [-0.4, -0.2) is 59.3 Å². The maximum Gasteiger partial charge on any atom is 0.168 e. The van der Waals surface area contributed by atoms with Gasteiger partial charge in [0.2, 0.25) is 0 Å². The van der Waals surface area contributed by atoms with E-state index in [0.29, 0.717) is 0 Å². The van der Waals surface area contributed by atoms with Crippen molar-refractivity contribution in [2.24, 2.45) is 0 Å². The van der Waals surface area contributed by atoms with Gasteiger partial charge in [-0.1, -0.05) is 12.1 Å². The largest absolute Gasteiger partial charge is 0.369 e. The molecule has 2 saturated heterocycles. The summed E-state index contributed by atoms with van der Waals surface area (Å²) in [6.45, 7) is 5.23. The molecule has 7 heteroatoms. The van der Waals surface area contributed by atoms with Gasteiger partial charge in [0.25, 0.3) is 0 Å². The maximum atomic E-state index is 13.9. The number of nitrogens with zero attached hydrogens (tertiary/aromatic N) is 6. The molecule has 0 saturated carbocycles. The molecule has 0 aliphatic carbocycles. The summed E-state index contributed by atoms with van der Waals surface area (Å²) in [5.41, 5.74) is 5.26. The second-order valence-electron chi connectivity index (χ2n) is 9.38. The standard InChI is InChI=1S/C27H29FN6/c1-31-14-16-32(17-15-31)23-9-7-20(8-10-23)27-30-29-26-12-11-24(19-34(26)27)33-13-3-6-25(33)21-4-2-5-22(28)18-21/h2,4-5,7-12,18-19,25H,3,6,13-17H2,1H3. The molecular formula is C27H29FN6. The lowest BCUT2D eigenvalue weighted by Crippen LogP contribution is -2.44. The number of halogens is 1. The van der Waals surface area contributed by atoms with Crippen LogP contribution in [0.2, 0.25) is 0 Å². The van der Waals surface area contributed by atoms with Crippen molar-refractivity contribution in [1.29, 1.82) is 0 Å². The van der Waals surface area contributed by atoms with Crippen molar-refractivity contribution in [2.45, 2.75) is 18.9 Å². The predicted octanol–water partition coefficient (Wildman–Crippen LogP) is 4.63. The van der Waals surface area contributed by atoms with Crippen molar-refractivity contribution in [3.8, 4) is 11.4 Å². The van der Waals surface area contributed by atoms with E-state index in [1.807, 2.05) is 12.1 Å². The maximum absolute atomic E-state index is 13.9. The van der Waals surface area contributed by atoms with Gasteiger partial charge in [0, 0.05) is 50.2 Å². The van der Waals surface area contributed by atoms with Gasteiger partial charge >= 0.3 is 0 Å². The lowest BCUT2D eigenvalue weighted by atomic mass is 10.0. The number of anilines is 2. The minimum Gasteiger partial charge on any atom is -0.369 e. The van der Waals surface area contributed by atoms with Crippen LogP contribution >= 0.6 is 0 Å². The van der Waals surface area contributed by atoms with E-state index in [1.54, 1.807) is 12.1 Å². The molecule has 2 fully saturated rings. The van der Waals surface area contributed by atoms with Crippen molar-refractivity contribution in [3.05, 3.63) is 78.2 Å². The van der Waals surface area contributed by atoms with Gasteiger partial charge in [-0.15, -0.1) is 10.2 Å². The van der Waals surface area contributed by atoms with Crippen LogP contribution in [0.5, 0.6) is 0 Å². The van der Waals surface area contributed by atoms with Gasteiger partial charge in [-0.2, -0.15) is 0 Å². The quantitative estimate of drug-likeness (QED) is 0.448. The van der Waals surface area contributed by atoms with E-state index in [1.165, 1.54) is 11.8 Å². The molecule has 2 aromatic carbocycles. The fourth-order valence-corrected chi connectivity index (χ4v) is 5.27. The third-order valence-corrected chi connectivity index (χ3v) is 7.20. The summed E-state index contributed by atoms with van der Waals surface area (Å²) in [4.78, 5) is 7.17. The number of benzene rings is 2. The topological polar surface area (TPSA) is 39.9 Å². The molecule has 1 atom stereocenters. The highest BCUT2D eigenvalue weighted by molar-refractivity contribution is 5.65. The molecule has 6 nitrogen and oxygen atoms in total. The van der Waals surface area contributed by atoms with Crippen molar-refractivity contribution < 1.29 is 4.39 Å². The Hall–Kier alpha value is -3.45. The number of hydrogen-bond acceptors (Lipinski definition) is 5. The highest BCUT2D eigenvalue weighted by atomic mass is 19.1. The van der Waals surface area contributed by atoms with E-state index >= 15 is 0 Å². The monoisotopic (exact) mass is 456 g/mol. The van der Waals surface area contributed by atoms with Gasteiger partial charge in [-0.3, -0.25) is 4.40 Å². The van der Waals surface area contributed by atoms with Crippen LogP contribution in [0.3, 0.4) is 0 Å². The first-order valence-electron chi connectivity index (χ1n) is 12.1. The SMILES string of the molecule is CN1CCN(c2ccc(-c3nnc4ccc(N5CCCC5c5cccc(F)c5)cn34)cc2)CC1. The van der Waals surface area contributed by atoms with Gasteiger partial charge < -0.3 is 14.7 Å². The Kier molecular flexibility index (Phi) is 5.41. The molecule has 0 bridgehead atoms. The van der Waals surface area contributed by atoms with Gasteiger partial charge in [-0.05, 0) is 74.0 Å². The molecule has 0 radical (unpaired) electrons. The zero-order valence-electron chi connectivity index (χ0n) is 19.4. The number of fused-ring (bicyclic) bond motifs is 1. The van der Waals surface area contributed by atoms with E-state index < -0.39 is 0 Å². The van der Waals surface area contributed by atoms with E-state index in [0.717, 1.165) is 73.9 Å². The molecule has 0 amide bonds. The van der Waals surface area contributed by atoms with Crippen molar-refractivity contribution in [2.75, 3.05) is 49.6 Å². The average Bonchev–Trinajstić information content (AvgIpc) is 3.52. The normalized spacial score (nSPS) is 19.3. The van der Waals surface area contributed by atoms with E-state index in [2.05, 4.69) is 72.9 Å². The predicted molar refractivity (Wildman–Crippen MR) is 134 cm³/mol. The number of piperazine rings is 1. The minimum absolute atomic E-state index is 0.177.